The van der Waals surface area contributed by atoms with E-state index in [1.54, 1.807) is 13.8 Å². The van der Waals surface area contributed by atoms with Crippen molar-refractivity contribution in [3.8, 4) is 0 Å². The van der Waals surface area contributed by atoms with Gasteiger partial charge in [-0.3, -0.25) is 14.8 Å². The maximum absolute atomic E-state index is 12.6. The summed E-state index contributed by atoms with van der Waals surface area (Å²) in [7, 11) is 0. The molecule has 0 aliphatic carbocycles. The molecule has 1 N–H and O–H groups in total. The summed E-state index contributed by atoms with van der Waals surface area (Å²) in [6, 6.07) is 3.80. The average molecular weight is 305 g/mol. The molecule has 1 aromatic rings. The van der Waals surface area contributed by atoms with E-state index in [0.29, 0.717) is 10.6 Å². The lowest BCUT2D eigenvalue weighted by molar-refractivity contribution is -0.135. The van der Waals surface area contributed by atoms with Crippen LogP contribution in [-0.2, 0) is 9.53 Å². The topological polar surface area (TPSA) is 66.8 Å². The first-order chi connectivity index (χ1) is 10.1. The first-order valence-electron chi connectivity index (χ1n) is 7.02. The summed E-state index contributed by atoms with van der Waals surface area (Å²) in [4.78, 5) is 23.3. The Bertz CT molecular complexity index is 594. The third kappa shape index (κ3) is 4.18. The zero-order valence-corrected chi connectivity index (χ0v) is 13.9. The van der Waals surface area contributed by atoms with Gasteiger partial charge in [0.1, 0.15) is 0 Å². The molecule has 0 aromatic heterocycles. The highest BCUT2D eigenvalue weighted by molar-refractivity contribution is 5.97. The summed E-state index contributed by atoms with van der Waals surface area (Å²) < 4.78 is 4.71. The molecule has 0 fully saturated rings. The molecule has 0 heterocycles. The van der Waals surface area contributed by atoms with Gasteiger partial charge in [-0.25, -0.2) is 5.06 Å². The number of rotatable bonds is 4. The van der Waals surface area contributed by atoms with Gasteiger partial charge >= 0.3 is 5.97 Å². The van der Waals surface area contributed by atoms with Crippen molar-refractivity contribution < 1.29 is 19.5 Å². The minimum atomic E-state index is -1.02. The predicted molar refractivity (Wildman–Crippen MR) is 83.6 cm³/mol. The van der Waals surface area contributed by atoms with Crippen LogP contribution >= 0.6 is 0 Å². The predicted octanol–water partition coefficient (Wildman–Crippen LogP) is 3.30. The zero-order valence-electron chi connectivity index (χ0n) is 13.9. The van der Waals surface area contributed by atoms with E-state index >= 15 is 0 Å². The molecule has 0 radical (unpaired) electrons. The van der Waals surface area contributed by atoms with E-state index in [1.165, 1.54) is 19.3 Å². The van der Waals surface area contributed by atoms with Crippen molar-refractivity contribution in [2.24, 2.45) is 0 Å². The Morgan fingerprint density at radius 1 is 1.18 bits per heavy atom. The van der Waals surface area contributed by atoms with Crippen LogP contribution in [0.15, 0.2) is 24.5 Å². The van der Waals surface area contributed by atoms with Gasteiger partial charge in [-0.1, -0.05) is 17.7 Å². The second-order valence-electron chi connectivity index (χ2n) is 5.96. The number of ether oxygens (including phenoxy) is 1. The fourth-order valence-corrected chi connectivity index (χ4v) is 2.25. The van der Waals surface area contributed by atoms with Crippen molar-refractivity contribution in [3.05, 3.63) is 46.7 Å². The highest BCUT2D eigenvalue weighted by Crippen LogP contribution is 2.22. The van der Waals surface area contributed by atoms with E-state index in [-0.39, 0.29) is 0 Å². The second-order valence-corrected chi connectivity index (χ2v) is 5.96. The molecule has 0 saturated heterocycles. The smallest absolute Gasteiger partial charge is 0.307 e. The highest BCUT2D eigenvalue weighted by Gasteiger charge is 2.30. The highest BCUT2D eigenvalue weighted by atomic mass is 16.5. The lowest BCUT2D eigenvalue weighted by Crippen LogP contribution is -2.44. The zero-order chi connectivity index (χ0) is 17.1. The van der Waals surface area contributed by atoms with Crippen LogP contribution in [0.2, 0.25) is 0 Å². The van der Waals surface area contributed by atoms with Crippen molar-refractivity contribution >= 4 is 11.9 Å². The number of esters is 1. The van der Waals surface area contributed by atoms with Crippen LogP contribution in [0.3, 0.4) is 0 Å². The molecule has 0 unspecified atom stereocenters. The van der Waals surface area contributed by atoms with Crippen LogP contribution < -0.4 is 0 Å². The third-order valence-corrected chi connectivity index (χ3v) is 3.34. The van der Waals surface area contributed by atoms with Crippen LogP contribution in [0.1, 0.15) is 47.8 Å². The number of nitrogens with zero attached hydrogens (tertiary/aromatic N) is 1. The van der Waals surface area contributed by atoms with E-state index in [2.05, 4.69) is 0 Å². The van der Waals surface area contributed by atoms with Gasteiger partial charge in [0.05, 0.1) is 11.8 Å². The number of aryl methyl sites for hydroxylation is 3. The molecule has 1 aromatic carbocycles. The largest absolute Gasteiger partial charge is 0.435 e. The number of benzene rings is 1. The molecule has 5 heteroatoms. The molecule has 0 atom stereocenters. The van der Waals surface area contributed by atoms with E-state index in [9.17, 15) is 14.8 Å². The van der Waals surface area contributed by atoms with Crippen molar-refractivity contribution in [3.63, 3.8) is 0 Å². The van der Waals surface area contributed by atoms with E-state index in [4.69, 9.17) is 4.74 Å². The maximum atomic E-state index is 12.6. The number of hydrogen-bond acceptors (Lipinski definition) is 4. The third-order valence-electron chi connectivity index (χ3n) is 3.34. The summed E-state index contributed by atoms with van der Waals surface area (Å²) in [5, 5.41) is 10.9. The monoisotopic (exact) mass is 305 g/mol. The Balaban J connectivity index is 3.07. The SMILES string of the molecule is CC(=O)O/C=C/C(C)(C)N(O)C(=O)c1c(C)cc(C)cc1C. The molecule has 0 spiro atoms. The Kier molecular flexibility index (Phi) is 5.49. The fourth-order valence-electron chi connectivity index (χ4n) is 2.25. The van der Waals surface area contributed by atoms with Gasteiger partial charge in [0, 0.05) is 12.5 Å². The number of amides is 1. The Labute approximate surface area is 131 Å². The van der Waals surface area contributed by atoms with E-state index in [1.807, 2.05) is 32.9 Å². The minimum absolute atomic E-state index is 0.465. The van der Waals surface area contributed by atoms with Crippen LogP contribution in [-0.4, -0.2) is 27.7 Å². The van der Waals surface area contributed by atoms with Crippen LogP contribution in [0, 0.1) is 20.8 Å². The quantitative estimate of drug-likeness (QED) is 0.401. The summed E-state index contributed by atoms with van der Waals surface area (Å²) in [5.74, 6) is -0.958. The van der Waals surface area contributed by atoms with E-state index < -0.39 is 17.4 Å². The molecule has 22 heavy (non-hydrogen) atoms. The maximum Gasteiger partial charge on any atom is 0.307 e. The lowest BCUT2D eigenvalue weighted by atomic mass is 9.97. The number of hydroxylamine groups is 2. The number of hydrogen-bond donors (Lipinski definition) is 1. The van der Waals surface area contributed by atoms with Gasteiger partial charge in [-0.05, 0) is 51.8 Å². The van der Waals surface area contributed by atoms with Crippen LogP contribution in [0.5, 0.6) is 0 Å². The standard InChI is InChI=1S/C17H23NO4/c1-11-9-12(2)15(13(3)10-11)16(20)18(21)17(5,6)7-8-22-14(4)19/h7-10,21H,1-6H3/b8-7+. The number of carbonyl (C=O) groups excluding carboxylic acids is 2. The normalized spacial score (nSPS) is 11.6. The van der Waals surface area contributed by atoms with Gasteiger partial charge in [-0.2, -0.15) is 0 Å². The summed E-state index contributed by atoms with van der Waals surface area (Å²) in [6.07, 6.45) is 2.62. The van der Waals surface area contributed by atoms with Crippen LogP contribution in [0.25, 0.3) is 0 Å². The molecule has 1 rings (SSSR count). The molecule has 0 aliphatic heterocycles. The van der Waals surface area contributed by atoms with Gasteiger partial charge < -0.3 is 4.74 Å². The molecular weight excluding hydrogens is 282 g/mol. The molecule has 0 saturated carbocycles. The minimum Gasteiger partial charge on any atom is -0.435 e. The molecular formula is C17H23NO4. The Morgan fingerprint density at radius 2 is 1.68 bits per heavy atom. The van der Waals surface area contributed by atoms with Crippen molar-refractivity contribution in [2.45, 2.75) is 47.1 Å². The van der Waals surface area contributed by atoms with Gasteiger partial charge in [0.25, 0.3) is 5.91 Å². The molecule has 0 bridgehead atoms. The summed E-state index contributed by atoms with van der Waals surface area (Å²) in [6.45, 7) is 10.2. The van der Waals surface area contributed by atoms with E-state index in [0.717, 1.165) is 16.7 Å². The fraction of sp³-hybridized carbons (Fsp3) is 0.412. The molecule has 1 amide bonds. The molecule has 120 valence electrons. The Hall–Kier alpha value is -2.14. The van der Waals surface area contributed by atoms with Crippen molar-refractivity contribution in [1.29, 1.82) is 0 Å². The first-order valence-corrected chi connectivity index (χ1v) is 7.02. The summed E-state index contributed by atoms with van der Waals surface area (Å²) >= 11 is 0. The molecule has 5 nitrogen and oxygen atoms in total. The van der Waals surface area contributed by atoms with Gasteiger partial charge in [0.15, 0.2) is 0 Å². The first kappa shape index (κ1) is 17.9. The Morgan fingerprint density at radius 3 is 2.14 bits per heavy atom. The van der Waals surface area contributed by atoms with Crippen molar-refractivity contribution in [1.82, 2.24) is 5.06 Å². The van der Waals surface area contributed by atoms with Gasteiger partial charge in [0.2, 0.25) is 0 Å². The summed E-state index contributed by atoms with van der Waals surface area (Å²) in [5.41, 5.74) is 2.13. The van der Waals surface area contributed by atoms with Crippen LogP contribution in [0.4, 0.5) is 0 Å². The second kappa shape index (κ2) is 6.75. The lowest BCUT2D eigenvalue weighted by Gasteiger charge is -2.31. The van der Waals surface area contributed by atoms with Crippen molar-refractivity contribution in [2.75, 3.05) is 0 Å². The average Bonchev–Trinajstić information content (AvgIpc) is 2.35. The van der Waals surface area contributed by atoms with Gasteiger partial charge in [-0.15, -0.1) is 0 Å². The number of carbonyl (C=O) groups is 2. The molecule has 0 aliphatic rings.